The molecule has 0 amide bonds. The Morgan fingerprint density at radius 3 is 1.32 bits per heavy atom. The van der Waals surface area contributed by atoms with E-state index in [0.29, 0.717) is 22.4 Å². The Hall–Kier alpha value is -8.62. The van der Waals surface area contributed by atoms with Crippen molar-refractivity contribution in [3.63, 3.8) is 0 Å². The number of para-hydroxylation sites is 3. The average molecular weight is 811 g/mol. The molecule has 0 bridgehead atoms. The lowest BCUT2D eigenvalue weighted by Crippen LogP contribution is -2.05. The number of hydrogen-bond donors (Lipinski definition) is 0. The van der Waals surface area contributed by atoms with E-state index in [1.807, 2.05) is 83.4 Å². The molecule has 0 saturated heterocycles. The van der Waals surface area contributed by atoms with Crippen molar-refractivity contribution in [2.75, 3.05) is 0 Å². The highest BCUT2D eigenvalue weighted by Gasteiger charge is 2.22. The minimum Gasteiger partial charge on any atom is -0.456 e. The van der Waals surface area contributed by atoms with E-state index in [9.17, 15) is 0 Å². The van der Waals surface area contributed by atoms with Crippen molar-refractivity contribution in [3.8, 4) is 74.0 Å². The summed E-state index contributed by atoms with van der Waals surface area (Å²) < 4.78 is 138. The van der Waals surface area contributed by atoms with Crippen LogP contribution in [0.4, 0.5) is 0 Å². The first kappa shape index (κ1) is 23.2. The molecule has 0 fully saturated rings. The molecule has 62 heavy (non-hydrogen) atoms. The number of nitrogens with zero attached hydrogens (tertiary/aromatic N) is 7. The number of furan rings is 1. The number of rotatable bonds is 7. The molecule has 8 aromatic carbocycles. The van der Waals surface area contributed by atoms with Crippen molar-refractivity contribution in [1.29, 1.82) is 0 Å². The van der Waals surface area contributed by atoms with Crippen LogP contribution in [0.15, 0.2) is 204 Å². The van der Waals surface area contributed by atoms with Gasteiger partial charge in [-0.3, -0.25) is 0 Å². The summed E-state index contributed by atoms with van der Waals surface area (Å²) in [5.41, 5.74) is 2.52. The van der Waals surface area contributed by atoms with Gasteiger partial charge in [0.15, 0.2) is 34.9 Å². The van der Waals surface area contributed by atoms with Gasteiger partial charge in [-0.05, 0) is 48.5 Å². The first-order valence-corrected chi connectivity index (χ1v) is 19.2. The first-order chi connectivity index (χ1) is 36.9. The Kier molecular flexibility index (Phi) is 5.47. The summed E-state index contributed by atoms with van der Waals surface area (Å²) >= 11 is 0. The van der Waals surface area contributed by atoms with E-state index in [4.69, 9.17) is 49.9 Å². The summed E-state index contributed by atoms with van der Waals surface area (Å²) in [4.78, 5) is 28.6. The molecule has 0 aliphatic rings. The van der Waals surface area contributed by atoms with E-state index >= 15 is 0 Å². The van der Waals surface area contributed by atoms with Crippen LogP contribution < -0.4 is 0 Å². The Balaban J connectivity index is 1.19. The molecule has 0 saturated carbocycles. The van der Waals surface area contributed by atoms with Crippen molar-refractivity contribution in [3.05, 3.63) is 200 Å². The predicted molar refractivity (Wildman–Crippen MR) is 247 cm³/mol. The molecular formula is C54H33N7O. The van der Waals surface area contributed by atoms with Crippen molar-refractivity contribution in [2.24, 2.45) is 0 Å². The number of aromatic nitrogens is 7. The third-order valence-corrected chi connectivity index (χ3v) is 10.4. The largest absolute Gasteiger partial charge is 0.456 e. The van der Waals surface area contributed by atoms with Gasteiger partial charge in [-0.2, -0.15) is 0 Å². The van der Waals surface area contributed by atoms with Crippen LogP contribution >= 0.6 is 0 Å². The van der Waals surface area contributed by atoms with Gasteiger partial charge in [-0.1, -0.05) is 151 Å². The van der Waals surface area contributed by atoms with Crippen LogP contribution in [0.25, 0.3) is 118 Å². The quantitative estimate of drug-likeness (QED) is 0.158. The molecular weight excluding hydrogens is 763 g/mol. The van der Waals surface area contributed by atoms with E-state index in [2.05, 4.69) is 4.98 Å². The van der Waals surface area contributed by atoms with Crippen molar-refractivity contribution < 1.29 is 25.0 Å². The summed E-state index contributed by atoms with van der Waals surface area (Å²) in [6.45, 7) is 0. The van der Waals surface area contributed by atoms with Gasteiger partial charge in [-0.15, -0.1) is 0 Å². The smallest absolute Gasteiger partial charge is 0.166 e. The van der Waals surface area contributed by atoms with Crippen LogP contribution in [0.3, 0.4) is 0 Å². The zero-order valence-corrected chi connectivity index (χ0v) is 31.9. The van der Waals surface area contributed by atoms with Gasteiger partial charge in [0.1, 0.15) is 11.2 Å². The predicted octanol–water partition coefficient (Wildman–Crippen LogP) is 13.1. The Bertz CT molecular complexity index is 4340. The lowest BCUT2D eigenvalue weighted by molar-refractivity contribution is 0.669. The summed E-state index contributed by atoms with van der Waals surface area (Å²) in [6.07, 6.45) is 0. The van der Waals surface area contributed by atoms with Gasteiger partial charge in [0.2, 0.25) is 0 Å². The van der Waals surface area contributed by atoms with E-state index in [1.165, 1.54) is 0 Å². The molecule has 0 N–H and O–H groups in total. The molecule has 0 spiro atoms. The molecule has 0 atom stereocenters. The minimum absolute atomic E-state index is 0.0271. The minimum atomic E-state index is -0.708. The second-order valence-corrected chi connectivity index (χ2v) is 14.0. The van der Waals surface area contributed by atoms with Crippen LogP contribution in [0.1, 0.15) is 20.6 Å². The van der Waals surface area contributed by atoms with E-state index in [-0.39, 0.29) is 40.0 Å². The second kappa shape index (κ2) is 14.6. The Morgan fingerprint density at radius 1 is 0.355 bits per heavy atom. The second-order valence-electron chi connectivity index (χ2n) is 14.0. The van der Waals surface area contributed by atoms with Crippen LogP contribution in [0, 0.1) is 0 Å². The first-order valence-electron chi connectivity index (χ1n) is 26.7. The topological polar surface area (TPSA) is 95.4 Å². The lowest BCUT2D eigenvalue weighted by Gasteiger charge is -2.16. The van der Waals surface area contributed by atoms with Crippen LogP contribution in [0.2, 0.25) is 0 Å². The molecule has 0 radical (unpaired) electrons. The monoisotopic (exact) mass is 810 g/mol. The third kappa shape index (κ3) is 6.09. The molecule has 8 heteroatoms. The van der Waals surface area contributed by atoms with E-state index < -0.39 is 113 Å². The number of benzene rings is 8. The lowest BCUT2D eigenvalue weighted by atomic mass is 10.1. The number of fused-ring (bicyclic) bond motifs is 6. The summed E-state index contributed by atoms with van der Waals surface area (Å²) in [5, 5.41) is 3.39. The maximum atomic E-state index is 8.99. The highest BCUT2D eigenvalue weighted by Crippen LogP contribution is 2.39. The van der Waals surface area contributed by atoms with Crippen molar-refractivity contribution in [2.45, 2.75) is 0 Å². The fourth-order valence-electron chi connectivity index (χ4n) is 7.65. The summed E-state index contributed by atoms with van der Waals surface area (Å²) in [5.74, 6) is -1.54. The van der Waals surface area contributed by atoms with Crippen LogP contribution in [-0.4, -0.2) is 34.5 Å². The van der Waals surface area contributed by atoms with E-state index in [0.717, 1.165) is 32.6 Å². The van der Waals surface area contributed by atoms with E-state index in [1.54, 1.807) is 30.3 Å². The maximum Gasteiger partial charge on any atom is 0.166 e. The molecule has 12 aromatic rings. The highest BCUT2D eigenvalue weighted by molar-refractivity contribution is 6.10. The summed E-state index contributed by atoms with van der Waals surface area (Å²) in [6, 6.07) is 23.1. The standard InChI is InChI=1S/C54H33N7O/c1-4-16-34(17-5-1)49-56-52(58-53(57-49)38-28-30-42-41-24-12-15-27-47(41)62-48(42)33-38)37-29-31-46(61-44-25-13-10-22-39(44)40-23-11-14-26-45(40)61)43(32-37)54-59-50(35-18-6-2-7-19-35)55-51(60-54)36-20-8-3-9-21-36/h1-33H/i1D,2D,3D,4D,5D,6D,7D,8D,9D,16D,17D,18D,19D,20D,21D. The maximum absolute atomic E-state index is 8.99. The van der Waals surface area contributed by atoms with Gasteiger partial charge < -0.3 is 8.98 Å². The fraction of sp³-hybridized carbons (Fsp3) is 0. The molecule has 8 nitrogen and oxygen atoms in total. The zero-order valence-electron chi connectivity index (χ0n) is 46.9. The third-order valence-electron chi connectivity index (χ3n) is 10.4. The highest BCUT2D eigenvalue weighted by atomic mass is 16.3. The zero-order chi connectivity index (χ0) is 54.0. The molecule has 290 valence electrons. The van der Waals surface area contributed by atoms with Crippen molar-refractivity contribution in [1.82, 2.24) is 34.5 Å². The van der Waals surface area contributed by atoms with Gasteiger partial charge in [0.25, 0.3) is 0 Å². The normalized spacial score (nSPS) is 14.9. The molecule has 0 aliphatic carbocycles. The van der Waals surface area contributed by atoms with Gasteiger partial charge in [0, 0.05) is 54.9 Å². The van der Waals surface area contributed by atoms with Gasteiger partial charge in [0.05, 0.1) is 37.3 Å². The average Bonchev–Trinajstić information content (AvgIpc) is 4.10. The van der Waals surface area contributed by atoms with Crippen LogP contribution in [0.5, 0.6) is 0 Å². The van der Waals surface area contributed by atoms with Crippen molar-refractivity contribution >= 4 is 43.7 Å². The van der Waals surface area contributed by atoms with Gasteiger partial charge >= 0.3 is 0 Å². The summed E-state index contributed by atoms with van der Waals surface area (Å²) in [7, 11) is 0. The molecule has 4 heterocycles. The molecule has 0 unspecified atom stereocenters. The Morgan fingerprint density at radius 2 is 0.774 bits per heavy atom. The molecule has 4 aromatic heterocycles. The van der Waals surface area contributed by atoms with Crippen LogP contribution in [-0.2, 0) is 0 Å². The Labute approximate surface area is 376 Å². The SMILES string of the molecule is [2H]c1c([2H])c([2H])c(-c2nc(-c3ccc(-n4c5ccccc5c5ccccc54)c(-c4nc(-c5c([2H])c([2H])c([2H])c([2H])c5[2H])nc(-c5c([2H])c([2H])c([2H])c([2H])c5[2H])n4)c3)nc(-c3ccc4c(c3)oc3ccccc34)n2)c([2H])c1[2H]. The molecule has 0 aliphatic heterocycles. The fourth-order valence-corrected chi connectivity index (χ4v) is 7.65. The number of hydrogen-bond acceptors (Lipinski definition) is 7. The molecule has 12 rings (SSSR count). The van der Waals surface area contributed by atoms with Gasteiger partial charge in [-0.25, -0.2) is 29.9 Å².